The summed E-state index contributed by atoms with van der Waals surface area (Å²) in [7, 11) is 0. The maximum atomic E-state index is 14.9. The molecule has 35 heavy (non-hydrogen) atoms. The summed E-state index contributed by atoms with van der Waals surface area (Å²) < 4.78 is 44.6. The van der Waals surface area contributed by atoms with Gasteiger partial charge in [-0.1, -0.05) is 62.4 Å². The second-order valence-electron chi connectivity index (χ2n) is 9.97. The maximum Gasteiger partial charge on any atom is 0.425 e. The van der Waals surface area contributed by atoms with Crippen molar-refractivity contribution in [2.45, 2.75) is 51.7 Å². The summed E-state index contributed by atoms with van der Waals surface area (Å²) in [6.45, 7) is 5.13. The highest BCUT2D eigenvalue weighted by Crippen LogP contribution is 2.51. The van der Waals surface area contributed by atoms with Crippen LogP contribution >= 0.6 is 0 Å². The third-order valence-electron chi connectivity index (χ3n) is 6.70. The Morgan fingerprint density at radius 3 is 2.26 bits per heavy atom. The first-order valence-electron chi connectivity index (χ1n) is 11.4. The number of amides is 2. The van der Waals surface area contributed by atoms with E-state index in [1.54, 1.807) is 32.9 Å². The van der Waals surface area contributed by atoms with Crippen LogP contribution in [0.4, 0.5) is 13.2 Å². The number of ketones is 1. The van der Waals surface area contributed by atoms with Crippen molar-refractivity contribution in [2.75, 3.05) is 6.54 Å². The van der Waals surface area contributed by atoms with Gasteiger partial charge < -0.3 is 10.2 Å². The molecule has 5 nitrogen and oxygen atoms in total. The highest BCUT2D eigenvalue weighted by molar-refractivity contribution is 6.14. The minimum Gasteiger partial charge on any atom is -0.326 e. The van der Waals surface area contributed by atoms with Crippen LogP contribution in [0.2, 0.25) is 0 Å². The fourth-order valence-electron chi connectivity index (χ4n) is 5.01. The Labute approximate surface area is 202 Å². The lowest BCUT2D eigenvalue weighted by atomic mass is 9.72. The molecule has 0 bridgehead atoms. The lowest BCUT2D eigenvalue weighted by molar-refractivity contribution is -0.190. The zero-order valence-corrected chi connectivity index (χ0v) is 19.8. The van der Waals surface area contributed by atoms with Crippen LogP contribution in [0.1, 0.15) is 48.2 Å². The minimum atomic E-state index is -5.22. The molecule has 0 aromatic heterocycles. The Hall–Kier alpha value is -3.42. The van der Waals surface area contributed by atoms with Gasteiger partial charge in [0.1, 0.15) is 0 Å². The predicted molar refractivity (Wildman–Crippen MR) is 124 cm³/mol. The fourth-order valence-corrected chi connectivity index (χ4v) is 5.01. The Kier molecular flexibility index (Phi) is 6.11. The predicted octanol–water partition coefficient (Wildman–Crippen LogP) is 4.75. The number of carbonyl (C=O) groups excluding carboxylic acids is 3. The highest BCUT2D eigenvalue weighted by atomic mass is 19.4. The molecule has 2 amide bonds. The average molecular weight is 485 g/mol. The molecule has 1 atom stereocenters. The first-order valence-corrected chi connectivity index (χ1v) is 11.4. The normalized spacial score (nSPS) is 21.8. The lowest BCUT2D eigenvalue weighted by Gasteiger charge is -2.35. The molecule has 8 heteroatoms. The van der Waals surface area contributed by atoms with Gasteiger partial charge in [0.05, 0.1) is 5.57 Å². The topological polar surface area (TPSA) is 66.5 Å². The van der Waals surface area contributed by atoms with Crippen LogP contribution in [0, 0.1) is 12.3 Å². The third kappa shape index (κ3) is 4.26. The van der Waals surface area contributed by atoms with Crippen molar-refractivity contribution in [3.63, 3.8) is 0 Å². The van der Waals surface area contributed by atoms with Crippen LogP contribution < -0.4 is 5.32 Å². The molecule has 0 fully saturated rings. The first-order chi connectivity index (χ1) is 16.4. The molecular weight excluding hydrogens is 457 g/mol. The Morgan fingerprint density at radius 1 is 1.00 bits per heavy atom. The van der Waals surface area contributed by atoms with Crippen molar-refractivity contribution < 1.29 is 27.6 Å². The zero-order chi connectivity index (χ0) is 25.6. The van der Waals surface area contributed by atoms with Gasteiger partial charge in [-0.3, -0.25) is 14.4 Å². The molecule has 1 unspecified atom stereocenters. The van der Waals surface area contributed by atoms with E-state index in [1.165, 1.54) is 12.1 Å². The van der Waals surface area contributed by atoms with Gasteiger partial charge in [-0.25, -0.2) is 0 Å². The molecule has 0 spiro atoms. The summed E-state index contributed by atoms with van der Waals surface area (Å²) in [5, 5.41) is 1.99. The van der Waals surface area contributed by atoms with E-state index in [1.807, 2.05) is 35.6 Å². The van der Waals surface area contributed by atoms with Crippen molar-refractivity contribution in [3.8, 4) is 0 Å². The number of nitrogens with zero attached hydrogens (tertiary/aromatic N) is 1. The average Bonchev–Trinajstić information content (AvgIpc) is 3.00. The van der Waals surface area contributed by atoms with Gasteiger partial charge in [0, 0.05) is 24.2 Å². The molecule has 2 aromatic rings. The van der Waals surface area contributed by atoms with E-state index in [-0.39, 0.29) is 30.6 Å². The zero-order valence-electron chi connectivity index (χ0n) is 19.8. The standard InChI is InChI=1S/C27H27F3N2O3/c1-17-9-7-8-12-19(17)23(34)31-26(27(28,29)30)22-20(15-25(2,3)16-21(22)33)32(24(26)35)14-13-18-10-5-4-6-11-18/h4-12H,13-16H2,1-3H3,(H,31,34). The molecule has 2 aromatic carbocycles. The van der Waals surface area contributed by atoms with E-state index < -0.39 is 40.3 Å². The second kappa shape index (κ2) is 8.66. The third-order valence-corrected chi connectivity index (χ3v) is 6.70. The maximum absolute atomic E-state index is 14.9. The van der Waals surface area contributed by atoms with Crippen LogP contribution in [-0.4, -0.2) is 40.8 Å². The summed E-state index contributed by atoms with van der Waals surface area (Å²) in [5.74, 6) is -3.16. The van der Waals surface area contributed by atoms with Crippen molar-refractivity contribution in [1.29, 1.82) is 0 Å². The van der Waals surface area contributed by atoms with Crippen molar-refractivity contribution in [2.24, 2.45) is 5.41 Å². The van der Waals surface area contributed by atoms with Gasteiger partial charge in [-0.05, 0) is 42.4 Å². The van der Waals surface area contributed by atoms with Gasteiger partial charge in [-0.15, -0.1) is 0 Å². The molecule has 1 aliphatic carbocycles. The van der Waals surface area contributed by atoms with E-state index in [9.17, 15) is 27.6 Å². The van der Waals surface area contributed by atoms with Crippen LogP contribution in [0.5, 0.6) is 0 Å². The summed E-state index contributed by atoms with van der Waals surface area (Å²) in [5.41, 5.74) is -3.33. The Morgan fingerprint density at radius 2 is 1.63 bits per heavy atom. The van der Waals surface area contributed by atoms with Crippen molar-refractivity contribution >= 4 is 17.6 Å². The number of allylic oxidation sites excluding steroid dienone is 1. The molecule has 0 saturated heterocycles. The Bertz CT molecular complexity index is 1220. The van der Waals surface area contributed by atoms with E-state index in [0.717, 1.165) is 10.5 Å². The molecule has 0 radical (unpaired) electrons. The van der Waals surface area contributed by atoms with Gasteiger partial charge in [0.15, 0.2) is 5.78 Å². The van der Waals surface area contributed by atoms with Crippen LogP contribution in [0.15, 0.2) is 65.9 Å². The molecule has 1 N–H and O–H groups in total. The van der Waals surface area contributed by atoms with Gasteiger partial charge in [0.2, 0.25) is 5.54 Å². The summed E-state index contributed by atoms with van der Waals surface area (Å²) in [4.78, 5) is 41.0. The summed E-state index contributed by atoms with van der Waals surface area (Å²) >= 11 is 0. The number of benzene rings is 2. The number of hydrogen-bond donors (Lipinski definition) is 1. The van der Waals surface area contributed by atoms with Gasteiger partial charge in [0.25, 0.3) is 11.8 Å². The van der Waals surface area contributed by atoms with Crippen molar-refractivity contribution in [1.82, 2.24) is 10.2 Å². The van der Waals surface area contributed by atoms with Gasteiger partial charge >= 0.3 is 6.18 Å². The molecule has 2 aliphatic rings. The van der Waals surface area contributed by atoms with E-state index >= 15 is 0 Å². The molecule has 1 aliphatic heterocycles. The minimum absolute atomic E-state index is 0.0115. The molecule has 184 valence electrons. The monoisotopic (exact) mass is 484 g/mol. The molecule has 4 rings (SSSR count). The Balaban J connectivity index is 1.82. The quantitative estimate of drug-likeness (QED) is 0.666. The summed E-state index contributed by atoms with van der Waals surface area (Å²) in [6, 6.07) is 15.3. The second-order valence-corrected chi connectivity index (χ2v) is 9.97. The molecular formula is C27H27F3N2O3. The first kappa shape index (κ1) is 24.7. The van der Waals surface area contributed by atoms with Crippen LogP contribution in [-0.2, 0) is 16.0 Å². The van der Waals surface area contributed by atoms with Crippen molar-refractivity contribution in [3.05, 3.63) is 82.6 Å². The van der Waals surface area contributed by atoms with E-state index in [0.29, 0.717) is 12.0 Å². The fraction of sp³-hybridized carbons (Fsp3) is 0.370. The van der Waals surface area contributed by atoms with Gasteiger partial charge in [-0.2, -0.15) is 13.2 Å². The van der Waals surface area contributed by atoms with Crippen LogP contribution in [0.3, 0.4) is 0 Å². The lowest BCUT2D eigenvalue weighted by Crippen LogP contribution is -2.66. The molecule has 0 saturated carbocycles. The molecule has 1 heterocycles. The SMILES string of the molecule is Cc1ccccc1C(=O)NC1(C(F)(F)F)C(=O)N(CCc2ccccc2)C2=C1C(=O)CC(C)(C)C2. The number of hydrogen-bond acceptors (Lipinski definition) is 3. The van der Waals surface area contributed by atoms with E-state index in [4.69, 9.17) is 0 Å². The largest absolute Gasteiger partial charge is 0.425 e. The number of Topliss-reactive ketones (excluding diaryl/α,β-unsaturated/α-hetero) is 1. The highest BCUT2D eigenvalue weighted by Gasteiger charge is 2.71. The number of aryl methyl sites for hydroxylation is 1. The number of halogens is 3. The van der Waals surface area contributed by atoms with Crippen LogP contribution in [0.25, 0.3) is 0 Å². The smallest absolute Gasteiger partial charge is 0.326 e. The number of alkyl halides is 3. The number of nitrogens with one attached hydrogen (secondary N) is 1. The number of carbonyl (C=O) groups is 3. The summed E-state index contributed by atoms with van der Waals surface area (Å²) in [6.07, 6.45) is -4.95. The number of rotatable bonds is 5. The van der Waals surface area contributed by atoms with E-state index in [2.05, 4.69) is 0 Å².